The summed E-state index contributed by atoms with van der Waals surface area (Å²) >= 11 is 1.79. The molecule has 6 aromatic rings. The quantitative estimate of drug-likeness (QED) is 0.164. The van der Waals surface area contributed by atoms with E-state index in [1.807, 2.05) is 19.1 Å². The third-order valence-electron chi connectivity index (χ3n) is 15.1. The maximum Gasteiger partial charge on any atom is 0.229 e. The molecule has 0 unspecified atom stereocenters. The summed E-state index contributed by atoms with van der Waals surface area (Å²) in [6.45, 7) is 14.0. The van der Waals surface area contributed by atoms with Gasteiger partial charge in [-0.3, -0.25) is 14.4 Å². The minimum Gasteiger partial charge on any atom is -0.508 e. The third-order valence-corrected chi connectivity index (χ3v) is 16.3. The number of phenols is 1. The molecule has 0 spiro atoms. The smallest absolute Gasteiger partial charge is 0.229 e. The Kier molecular flexibility index (Phi) is 10.2. The largest absolute Gasteiger partial charge is 0.508 e. The highest BCUT2D eigenvalue weighted by molar-refractivity contribution is 7.15. The Morgan fingerprint density at radius 2 is 1.48 bits per heavy atom. The van der Waals surface area contributed by atoms with E-state index in [9.17, 15) is 9.90 Å². The first-order valence-corrected chi connectivity index (χ1v) is 23.9. The highest BCUT2D eigenvalue weighted by Gasteiger charge is 2.39. The molecular weight excluding hydrogens is 799 g/mol. The Labute approximate surface area is 375 Å². The zero-order chi connectivity index (χ0) is 42.9. The third kappa shape index (κ3) is 7.24. The zero-order valence-corrected chi connectivity index (χ0v) is 37.7. The molecule has 63 heavy (non-hydrogen) atoms. The molecule has 322 valence electrons. The average molecular weight is 856 g/mol. The van der Waals surface area contributed by atoms with Crippen LogP contribution < -0.4 is 9.80 Å². The maximum atomic E-state index is 13.7. The maximum absolute atomic E-state index is 13.7. The van der Waals surface area contributed by atoms with Crippen molar-refractivity contribution < 1.29 is 9.90 Å². The van der Waals surface area contributed by atoms with Crippen LogP contribution in [0.15, 0.2) is 102 Å². The van der Waals surface area contributed by atoms with Crippen molar-refractivity contribution in [3.63, 3.8) is 0 Å². The van der Waals surface area contributed by atoms with Crippen LogP contribution >= 0.6 is 11.3 Å². The predicted octanol–water partition coefficient (Wildman–Crippen LogP) is 9.93. The van der Waals surface area contributed by atoms with Gasteiger partial charge in [0.25, 0.3) is 0 Å². The van der Waals surface area contributed by atoms with Crippen molar-refractivity contribution in [1.82, 2.24) is 19.7 Å². The number of piperidine rings is 1. The number of hydrogen-bond acceptors (Lipinski definition) is 8. The van der Waals surface area contributed by atoms with Crippen molar-refractivity contribution in [2.75, 3.05) is 49.1 Å². The number of anilines is 2. The number of benzene rings is 4. The van der Waals surface area contributed by atoms with Crippen LogP contribution in [0.2, 0.25) is 0 Å². The molecule has 6 heterocycles. The van der Waals surface area contributed by atoms with Crippen LogP contribution in [0.3, 0.4) is 0 Å². The Hall–Kier alpha value is -5.74. The number of carbonyl (C=O) groups excluding carboxylic acids is 1. The number of fused-ring (bicyclic) bond motifs is 4. The van der Waals surface area contributed by atoms with Crippen LogP contribution in [0.25, 0.3) is 5.00 Å². The number of aryl methyl sites for hydroxylation is 3. The molecular formula is C53H57N7O2S. The molecule has 3 saturated heterocycles. The number of aliphatic imine (C=N–C) groups is 1. The number of aromatic hydroxyl groups is 1. The van der Waals surface area contributed by atoms with Gasteiger partial charge in [-0.2, -0.15) is 0 Å². The lowest BCUT2D eigenvalue weighted by Crippen LogP contribution is -2.56. The Morgan fingerprint density at radius 3 is 2.21 bits per heavy atom. The van der Waals surface area contributed by atoms with Crippen LogP contribution in [0, 0.1) is 38.5 Å². The van der Waals surface area contributed by atoms with E-state index in [0.29, 0.717) is 29.4 Å². The molecule has 4 aliphatic heterocycles. The van der Waals surface area contributed by atoms with Gasteiger partial charge in [0.2, 0.25) is 5.91 Å². The summed E-state index contributed by atoms with van der Waals surface area (Å²) in [4.78, 5) is 27.2. The van der Waals surface area contributed by atoms with Crippen LogP contribution in [-0.4, -0.2) is 75.7 Å². The molecule has 1 aliphatic carbocycles. The van der Waals surface area contributed by atoms with Gasteiger partial charge in [-0.15, -0.1) is 21.5 Å². The molecule has 2 aromatic heterocycles. The minimum atomic E-state index is -0.107. The van der Waals surface area contributed by atoms with Crippen molar-refractivity contribution in [2.45, 2.75) is 77.7 Å². The van der Waals surface area contributed by atoms with Gasteiger partial charge in [-0.05, 0) is 142 Å². The van der Waals surface area contributed by atoms with E-state index in [2.05, 4.69) is 135 Å². The zero-order valence-electron chi connectivity index (χ0n) is 36.9. The summed E-state index contributed by atoms with van der Waals surface area (Å²) in [5.74, 6) is 4.63. The van der Waals surface area contributed by atoms with E-state index in [1.54, 1.807) is 11.3 Å². The normalized spacial score (nSPS) is 21.5. The number of aromatic nitrogens is 3. The molecule has 1 amide bonds. The first-order chi connectivity index (χ1) is 30.7. The van der Waals surface area contributed by atoms with Gasteiger partial charge >= 0.3 is 0 Å². The summed E-state index contributed by atoms with van der Waals surface area (Å²) in [5.41, 5.74) is 12.4. The minimum absolute atomic E-state index is 0.0727. The lowest BCUT2D eigenvalue weighted by atomic mass is 9.69. The van der Waals surface area contributed by atoms with Gasteiger partial charge in [0, 0.05) is 72.6 Å². The van der Waals surface area contributed by atoms with E-state index in [-0.39, 0.29) is 17.9 Å². The predicted molar refractivity (Wildman–Crippen MR) is 253 cm³/mol. The topological polar surface area (TPSA) is 90.1 Å². The van der Waals surface area contributed by atoms with Gasteiger partial charge in [0.15, 0.2) is 5.82 Å². The molecule has 0 radical (unpaired) electrons. The van der Waals surface area contributed by atoms with Crippen LogP contribution in [-0.2, 0) is 11.2 Å². The van der Waals surface area contributed by atoms with Crippen molar-refractivity contribution in [3.05, 3.63) is 153 Å². The van der Waals surface area contributed by atoms with Crippen LogP contribution in [0.5, 0.6) is 5.75 Å². The molecule has 0 bridgehead atoms. The number of hydrogen-bond donors (Lipinski definition) is 1. The first kappa shape index (κ1) is 40.1. The Bertz CT molecular complexity index is 2680. The molecule has 11 rings (SSSR count). The second-order valence-corrected chi connectivity index (χ2v) is 20.2. The number of carbonyl (C=O) groups is 1. The molecule has 5 aliphatic rings. The summed E-state index contributed by atoms with van der Waals surface area (Å²) in [7, 11) is 0. The number of rotatable bonds is 8. The van der Waals surface area contributed by atoms with E-state index in [4.69, 9.17) is 4.99 Å². The fourth-order valence-electron chi connectivity index (χ4n) is 11.4. The molecule has 4 aromatic carbocycles. The number of amides is 1. The number of nitrogens with zero attached hydrogens (tertiary/aromatic N) is 7. The molecule has 1 N–H and O–H groups in total. The fourth-order valence-corrected chi connectivity index (χ4v) is 12.6. The summed E-state index contributed by atoms with van der Waals surface area (Å²) < 4.78 is 2.18. The van der Waals surface area contributed by atoms with Gasteiger partial charge in [0.1, 0.15) is 22.6 Å². The second-order valence-electron chi connectivity index (χ2n) is 19.0. The summed E-state index contributed by atoms with van der Waals surface area (Å²) in [6, 6.07) is 34.9. The molecule has 10 heteroatoms. The van der Waals surface area contributed by atoms with Crippen molar-refractivity contribution in [1.29, 1.82) is 0 Å². The van der Waals surface area contributed by atoms with Crippen LogP contribution in [0.4, 0.5) is 11.4 Å². The second kappa shape index (κ2) is 16.1. The molecule has 0 saturated carbocycles. The fraction of sp³-hybridized carbons (Fsp3) is 0.396. The Morgan fingerprint density at radius 1 is 0.778 bits per heavy atom. The lowest BCUT2D eigenvalue weighted by Gasteiger charge is -2.45. The standard InChI is InChI=1S/C53H57N7O2S/c1-32-34(3)63-53-48(32)50(54-33(2)51-56-55-35(4)60(51)53)40-12-17-44(18-13-40)59-30-42(31-59)52(62)57-24-22-36(23-25-57)26-37-28-58(29-37)43-15-10-39(11-16-43)49-46(38-8-6-5-7-9-38)20-14-41-27-45(61)19-21-47(41)49/h5-13,15-19,21,27,33,36-37,42,46,49,61H,14,20,22-26,28-31H2,1-4H3/t33-,46+,49-/m0/s1. The van der Waals surface area contributed by atoms with Crippen molar-refractivity contribution in [2.24, 2.45) is 22.7 Å². The van der Waals surface area contributed by atoms with Gasteiger partial charge in [-0.25, -0.2) is 0 Å². The van der Waals surface area contributed by atoms with E-state index in [0.717, 1.165) is 98.6 Å². The Balaban J connectivity index is 0.659. The van der Waals surface area contributed by atoms with Gasteiger partial charge < -0.3 is 19.8 Å². The SMILES string of the molecule is Cc1sc2c(c1C)C(c1ccc(N3CC(C(=O)N4CCC(CC5CN(c6ccc([C@@H]7c8ccc(O)cc8CC[C@@H]7c7ccccc7)cc6)C5)CC4)C3)cc1)=N[C@@H](C)c1nnc(C)n1-2. The number of thiophene rings is 1. The molecule has 3 atom stereocenters. The lowest BCUT2D eigenvalue weighted by molar-refractivity contribution is -0.137. The van der Waals surface area contributed by atoms with Crippen molar-refractivity contribution >= 4 is 34.3 Å². The van der Waals surface area contributed by atoms with E-state index in [1.165, 1.54) is 50.4 Å². The van der Waals surface area contributed by atoms with E-state index >= 15 is 0 Å². The average Bonchev–Trinajstić information content (AvgIpc) is 3.76. The van der Waals surface area contributed by atoms with E-state index < -0.39 is 0 Å². The molecule has 9 nitrogen and oxygen atoms in total. The summed E-state index contributed by atoms with van der Waals surface area (Å²) in [6.07, 6.45) is 5.55. The van der Waals surface area contributed by atoms with Crippen molar-refractivity contribution in [3.8, 4) is 10.8 Å². The molecule has 3 fully saturated rings. The highest BCUT2D eigenvalue weighted by Crippen LogP contribution is 2.48. The summed E-state index contributed by atoms with van der Waals surface area (Å²) in [5, 5.41) is 20.3. The first-order valence-electron chi connectivity index (χ1n) is 23.1. The van der Waals surface area contributed by atoms with Gasteiger partial charge in [0.05, 0.1) is 11.6 Å². The number of likely N-dealkylation sites (tertiary alicyclic amines) is 1. The van der Waals surface area contributed by atoms with Gasteiger partial charge in [-0.1, -0.05) is 60.7 Å². The number of phenolic OH excluding ortho intramolecular Hbond substituents is 1. The van der Waals surface area contributed by atoms with Crippen LogP contribution in [0.1, 0.15) is 106 Å². The monoisotopic (exact) mass is 855 g/mol. The highest BCUT2D eigenvalue weighted by atomic mass is 32.1.